The zero-order valence-electron chi connectivity index (χ0n) is 10.8. The van der Waals surface area contributed by atoms with Crippen LogP contribution in [-0.2, 0) is 0 Å². The van der Waals surface area contributed by atoms with Gasteiger partial charge in [-0.2, -0.15) is 0 Å². The first kappa shape index (κ1) is 13.7. The summed E-state index contributed by atoms with van der Waals surface area (Å²) in [5.41, 5.74) is 0.780. The number of aromatic amines is 1. The lowest BCUT2D eigenvalue weighted by Crippen LogP contribution is -2.01. The highest BCUT2D eigenvalue weighted by Crippen LogP contribution is 2.26. The van der Waals surface area contributed by atoms with Crippen molar-refractivity contribution in [3.05, 3.63) is 52.6 Å². The quantitative estimate of drug-likeness (QED) is 0.570. The van der Waals surface area contributed by atoms with E-state index >= 15 is 0 Å². The Hall–Kier alpha value is -2.28. The van der Waals surface area contributed by atoms with Crippen LogP contribution in [0.2, 0.25) is 0 Å². The Morgan fingerprint density at radius 3 is 2.62 bits per heavy atom. The standard InChI is InChI=1S/C14H9F3N2OS/c1-20-8-2-3-11-10(6-8)18-14(21)19(11)12-5-7(15)4-9(16)13(12)17/h2-6H,1H3,(H,18,21). The fourth-order valence-electron chi connectivity index (χ4n) is 2.16. The molecule has 0 amide bonds. The highest BCUT2D eigenvalue weighted by molar-refractivity contribution is 7.71. The Balaban J connectivity index is 2.36. The predicted octanol–water partition coefficient (Wildman–Crippen LogP) is 4.11. The third kappa shape index (κ3) is 2.19. The van der Waals surface area contributed by atoms with Crippen LogP contribution in [0.3, 0.4) is 0 Å². The van der Waals surface area contributed by atoms with Crippen molar-refractivity contribution in [3.8, 4) is 11.4 Å². The number of nitrogens with one attached hydrogen (secondary N) is 1. The molecule has 0 saturated heterocycles. The van der Waals surface area contributed by atoms with Gasteiger partial charge in [-0.15, -0.1) is 0 Å². The summed E-state index contributed by atoms with van der Waals surface area (Å²) in [7, 11) is 1.51. The van der Waals surface area contributed by atoms with E-state index in [1.54, 1.807) is 18.2 Å². The summed E-state index contributed by atoms with van der Waals surface area (Å²) < 4.78 is 47.2. The van der Waals surface area contributed by atoms with Gasteiger partial charge in [-0.05, 0) is 24.4 Å². The Labute approximate surface area is 122 Å². The molecule has 3 rings (SSSR count). The fraction of sp³-hybridized carbons (Fsp3) is 0.0714. The van der Waals surface area contributed by atoms with Gasteiger partial charge in [-0.25, -0.2) is 13.2 Å². The van der Waals surface area contributed by atoms with Crippen LogP contribution in [-0.4, -0.2) is 16.7 Å². The number of methoxy groups -OCH3 is 1. The smallest absolute Gasteiger partial charge is 0.183 e. The summed E-state index contributed by atoms with van der Waals surface area (Å²) in [6.45, 7) is 0. The molecule has 0 aliphatic carbocycles. The second-order valence-corrected chi connectivity index (χ2v) is 4.76. The van der Waals surface area contributed by atoms with Gasteiger partial charge in [0, 0.05) is 18.2 Å². The number of benzene rings is 2. The number of hydrogen-bond donors (Lipinski definition) is 1. The minimum Gasteiger partial charge on any atom is -0.497 e. The molecular weight excluding hydrogens is 301 g/mol. The highest BCUT2D eigenvalue weighted by atomic mass is 32.1. The van der Waals surface area contributed by atoms with Crippen LogP contribution in [0.5, 0.6) is 5.75 Å². The van der Waals surface area contributed by atoms with Gasteiger partial charge in [0.05, 0.1) is 23.8 Å². The van der Waals surface area contributed by atoms with E-state index in [4.69, 9.17) is 17.0 Å². The lowest BCUT2D eigenvalue weighted by Gasteiger charge is -2.07. The molecular formula is C14H9F3N2OS. The molecule has 2 aromatic carbocycles. The maximum Gasteiger partial charge on any atom is 0.183 e. The molecule has 1 heterocycles. The van der Waals surface area contributed by atoms with Crippen LogP contribution in [0.1, 0.15) is 0 Å². The molecule has 21 heavy (non-hydrogen) atoms. The molecule has 0 spiro atoms. The minimum absolute atomic E-state index is 0.127. The van der Waals surface area contributed by atoms with Gasteiger partial charge < -0.3 is 9.72 Å². The third-order valence-electron chi connectivity index (χ3n) is 3.10. The maximum absolute atomic E-state index is 14.0. The number of halogens is 3. The van der Waals surface area contributed by atoms with Crippen LogP contribution in [0, 0.1) is 22.2 Å². The van der Waals surface area contributed by atoms with E-state index in [-0.39, 0.29) is 10.5 Å². The molecule has 3 aromatic rings. The fourth-order valence-corrected chi connectivity index (χ4v) is 2.47. The van der Waals surface area contributed by atoms with Gasteiger partial charge >= 0.3 is 0 Å². The second-order valence-electron chi connectivity index (χ2n) is 4.37. The van der Waals surface area contributed by atoms with Crippen molar-refractivity contribution >= 4 is 23.3 Å². The molecule has 0 radical (unpaired) electrons. The van der Waals surface area contributed by atoms with E-state index in [0.717, 1.165) is 6.07 Å². The first-order valence-corrected chi connectivity index (χ1v) is 6.36. The Kier molecular flexibility index (Phi) is 3.21. The van der Waals surface area contributed by atoms with Gasteiger partial charge in [-0.1, -0.05) is 0 Å². The molecule has 1 N–H and O–H groups in total. The average Bonchev–Trinajstić information content (AvgIpc) is 2.77. The number of fused-ring (bicyclic) bond motifs is 1. The van der Waals surface area contributed by atoms with Crippen LogP contribution in [0.4, 0.5) is 13.2 Å². The first-order chi connectivity index (χ1) is 10.0. The van der Waals surface area contributed by atoms with E-state index in [1.165, 1.54) is 11.7 Å². The van der Waals surface area contributed by atoms with Crippen molar-refractivity contribution in [2.45, 2.75) is 0 Å². The predicted molar refractivity (Wildman–Crippen MR) is 74.9 cm³/mol. The molecule has 0 unspecified atom stereocenters. The zero-order valence-corrected chi connectivity index (χ0v) is 11.6. The summed E-state index contributed by atoms with van der Waals surface area (Å²) in [5.74, 6) is -2.73. The topological polar surface area (TPSA) is 29.9 Å². The van der Waals surface area contributed by atoms with Crippen molar-refractivity contribution in [2.75, 3.05) is 7.11 Å². The van der Waals surface area contributed by atoms with Gasteiger partial charge in [-0.3, -0.25) is 4.57 Å². The average molecular weight is 310 g/mol. The number of rotatable bonds is 2. The van der Waals surface area contributed by atoms with Crippen molar-refractivity contribution in [2.24, 2.45) is 0 Å². The van der Waals surface area contributed by atoms with Gasteiger partial charge in [0.15, 0.2) is 16.4 Å². The Morgan fingerprint density at radius 2 is 1.90 bits per heavy atom. The molecule has 0 aliphatic rings. The van der Waals surface area contributed by atoms with E-state index in [0.29, 0.717) is 22.8 Å². The van der Waals surface area contributed by atoms with Crippen LogP contribution in [0.15, 0.2) is 30.3 Å². The molecule has 0 fully saturated rings. The number of ether oxygens (including phenoxy) is 1. The molecule has 7 heteroatoms. The molecule has 108 valence electrons. The van der Waals surface area contributed by atoms with Gasteiger partial charge in [0.25, 0.3) is 0 Å². The molecule has 0 aliphatic heterocycles. The van der Waals surface area contributed by atoms with Gasteiger partial charge in [0.2, 0.25) is 0 Å². The Bertz CT molecular complexity index is 901. The highest BCUT2D eigenvalue weighted by Gasteiger charge is 2.16. The summed E-state index contributed by atoms with van der Waals surface area (Å²) in [4.78, 5) is 2.85. The molecule has 0 atom stereocenters. The molecule has 3 nitrogen and oxygen atoms in total. The third-order valence-corrected chi connectivity index (χ3v) is 3.39. The number of hydrogen-bond acceptors (Lipinski definition) is 2. The van der Waals surface area contributed by atoms with Crippen molar-refractivity contribution in [1.82, 2.24) is 9.55 Å². The minimum atomic E-state index is -1.27. The number of aromatic nitrogens is 2. The first-order valence-electron chi connectivity index (χ1n) is 5.95. The largest absolute Gasteiger partial charge is 0.497 e. The SMILES string of the molecule is COc1ccc2c(c1)[nH]c(=S)n2-c1cc(F)cc(F)c1F. The molecule has 0 saturated carbocycles. The molecule has 0 bridgehead atoms. The normalized spacial score (nSPS) is 11.0. The maximum atomic E-state index is 14.0. The summed E-state index contributed by atoms with van der Waals surface area (Å²) >= 11 is 5.12. The van der Waals surface area contributed by atoms with E-state index in [1.807, 2.05) is 0 Å². The second kappa shape index (κ2) is 4.92. The number of nitrogens with zero attached hydrogens (tertiary/aromatic N) is 1. The lowest BCUT2D eigenvalue weighted by molar-refractivity contribution is 0.415. The van der Waals surface area contributed by atoms with Crippen molar-refractivity contribution in [3.63, 3.8) is 0 Å². The summed E-state index contributed by atoms with van der Waals surface area (Å²) in [6, 6.07) is 6.32. The van der Waals surface area contributed by atoms with E-state index < -0.39 is 17.5 Å². The van der Waals surface area contributed by atoms with E-state index in [9.17, 15) is 13.2 Å². The van der Waals surface area contributed by atoms with Crippen LogP contribution >= 0.6 is 12.2 Å². The van der Waals surface area contributed by atoms with E-state index in [2.05, 4.69) is 4.98 Å². The molecule has 1 aromatic heterocycles. The van der Waals surface area contributed by atoms with Crippen molar-refractivity contribution < 1.29 is 17.9 Å². The number of H-pyrrole nitrogens is 1. The summed E-state index contributed by atoms with van der Waals surface area (Å²) in [6.07, 6.45) is 0. The number of imidazole rings is 1. The van der Waals surface area contributed by atoms with Crippen molar-refractivity contribution in [1.29, 1.82) is 0 Å². The lowest BCUT2D eigenvalue weighted by atomic mass is 10.2. The van der Waals surface area contributed by atoms with Crippen LogP contribution < -0.4 is 4.74 Å². The summed E-state index contributed by atoms with van der Waals surface area (Å²) in [5, 5.41) is 0. The monoisotopic (exact) mass is 310 g/mol. The Morgan fingerprint density at radius 1 is 1.14 bits per heavy atom. The zero-order chi connectivity index (χ0) is 15.1. The van der Waals surface area contributed by atoms with Crippen LogP contribution in [0.25, 0.3) is 16.7 Å². The van der Waals surface area contributed by atoms with Gasteiger partial charge in [0.1, 0.15) is 11.6 Å².